The molecule has 8 rings (SSSR count). The number of allylic oxidation sites excluding steroid dienone is 1. The lowest BCUT2D eigenvalue weighted by molar-refractivity contribution is -0.281. The number of hydrogen-bond donors (Lipinski definition) is 2. The van der Waals surface area contributed by atoms with Gasteiger partial charge in [0.25, 0.3) is 0 Å². The van der Waals surface area contributed by atoms with Gasteiger partial charge in [-0.1, -0.05) is 20.8 Å². The number of aliphatic hydroxyl groups is 1. The molecule has 1 aromatic rings. The molecule has 238 valence electrons. The highest BCUT2D eigenvalue weighted by Gasteiger charge is 2.82. The van der Waals surface area contributed by atoms with Gasteiger partial charge in [-0.05, 0) is 93.4 Å². The van der Waals surface area contributed by atoms with E-state index in [1.165, 1.54) is 0 Å². The smallest absolute Gasteiger partial charge is 0.227 e. The average molecular weight is 604 g/mol. The normalized spacial score (nSPS) is 52.2. The van der Waals surface area contributed by atoms with Gasteiger partial charge in [0.1, 0.15) is 24.0 Å². The van der Waals surface area contributed by atoms with Gasteiger partial charge in [0.2, 0.25) is 5.79 Å². The summed E-state index contributed by atoms with van der Waals surface area (Å²) < 4.78 is 61.2. The van der Waals surface area contributed by atoms with E-state index in [0.717, 1.165) is 43.5 Å². The summed E-state index contributed by atoms with van der Waals surface area (Å²) in [5, 5.41) is 20.2. The highest BCUT2D eigenvalue weighted by molar-refractivity contribution is 5.62. The van der Waals surface area contributed by atoms with Crippen LogP contribution in [-0.2, 0) is 31.9 Å². The quantitative estimate of drug-likeness (QED) is 0.525. The fraction of sp³-hybridized carbons (Fsp3) is 0.848. The molecule has 8 nitrogen and oxygen atoms in total. The fourth-order valence-electron chi connectivity index (χ4n) is 11.7. The van der Waals surface area contributed by atoms with E-state index in [0.29, 0.717) is 30.4 Å². The van der Waals surface area contributed by atoms with E-state index in [1.807, 2.05) is 30.9 Å². The Kier molecular flexibility index (Phi) is 6.44. The third kappa shape index (κ3) is 3.49. The Labute approximate surface area is 252 Å². The van der Waals surface area contributed by atoms with Crippen molar-refractivity contribution in [2.45, 2.75) is 114 Å². The molecule has 43 heavy (non-hydrogen) atoms. The van der Waals surface area contributed by atoms with E-state index in [4.69, 9.17) is 24.0 Å². The molecule has 0 aromatic carbocycles. The molecule has 10 heteroatoms. The first-order valence-corrected chi connectivity index (χ1v) is 16.5. The molecule has 2 aliphatic heterocycles. The summed E-state index contributed by atoms with van der Waals surface area (Å²) in [6.45, 7) is 7.20. The standard InChI is InChI=1S/C33H47F2N3O5/c1-19-9-23-24-10-26(34)25-11-27-21(14-37-38(27)15-20-5-7-22(36-4)8-6-20)12-29(25,2)32(24,35)28(39)13-30(23,3)33(19)31(42-18-43-33)16-40-17-41-31/h11,14,19-20,22-24,26,28,36,39H,5-10,12-13,15-18H2,1-4H3/t19-,20?,22?,23-,24-,26-,28-,29-,30-,31?,32-,33+/m0/s1. The molecule has 10 atom stereocenters. The van der Waals surface area contributed by atoms with Gasteiger partial charge in [-0.15, -0.1) is 0 Å². The van der Waals surface area contributed by atoms with Crippen molar-refractivity contribution in [3.63, 3.8) is 0 Å². The van der Waals surface area contributed by atoms with Crippen LogP contribution < -0.4 is 5.32 Å². The Morgan fingerprint density at radius 1 is 1.09 bits per heavy atom. The third-order valence-electron chi connectivity index (χ3n) is 13.7. The van der Waals surface area contributed by atoms with Crippen molar-refractivity contribution in [1.29, 1.82) is 0 Å². The van der Waals surface area contributed by atoms with E-state index >= 15 is 8.78 Å². The zero-order chi connectivity index (χ0) is 30.0. The molecule has 0 bridgehead atoms. The third-order valence-corrected chi connectivity index (χ3v) is 13.7. The lowest BCUT2D eigenvalue weighted by Gasteiger charge is -2.64. The molecule has 7 aliphatic rings. The van der Waals surface area contributed by atoms with Crippen LogP contribution >= 0.6 is 0 Å². The molecule has 5 aliphatic carbocycles. The summed E-state index contributed by atoms with van der Waals surface area (Å²) in [5.41, 5.74) is -2.45. The number of fused-ring (bicyclic) bond motifs is 8. The molecule has 0 amide bonds. The summed E-state index contributed by atoms with van der Waals surface area (Å²) >= 11 is 0. The SMILES string of the molecule is CNC1CCC(Cn2ncc3c2C=C2[C@@H](F)C[C@H]4[C@@H]5C[C@H](C)[C@@]6(OCOC67COCO7)[C@@]5(C)C[C@H](O)[C@]4(F)[C@@]2(C)C3)CC1. The van der Waals surface area contributed by atoms with E-state index in [2.05, 4.69) is 19.2 Å². The maximum absolute atomic E-state index is 18.2. The number of ether oxygens (including phenoxy) is 4. The van der Waals surface area contributed by atoms with Gasteiger partial charge in [0.15, 0.2) is 13.6 Å². The highest BCUT2D eigenvalue weighted by Crippen LogP contribution is 2.74. The van der Waals surface area contributed by atoms with Crippen molar-refractivity contribution in [2.24, 2.45) is 34.5 Å². The van der Waals surface area contributed by atoms with Gasteiger partial charge in [0, 0.05) is 29.3 Å². The van der Waals surface area contributed by atoms with Crippen LogP contribution in [0.3, 0.4) is 0 Å². The Balaban J connectivity index is 1.14. The number of nitrogens with one attached hydrogen (secondary N) is 1. The van der Waals surface area contributed by atoms with Gasteiger partial charge >= 0.3 is 0 Å². The number of hydrogen-bond acceptors (Lipinski definition) is 7. The zero-order valence-electron chi connectivity index (χ0n) is 25.9. The van der Waals surface area contributed by atoms with E-state index in [1.54, 1.807) is 0 Å². The maximum Gasteiger partial charge on any atom is 0.227 e. The fourth-order valence-corrected chi connectivity index (χ4v) is 11.7. The molecule has 2 saturated heterocycles. The molecule has 0 radical (unpaired) electrons. The minimum absolute atomic E-state index is 0.0424. The highest BCUT2D eigenvalue weighted by atomic mass is 19.1. The van der Waals surface area contributed by atoms with Crippen LogP contribution in [0, 0.1) is 34.5 Å². The number of alkyl halides is 2. The van der Waals surface area contributed by atoms with Gasteiger partial charge in [-0.2, -0.15) is 5.10 Å². The van der Waals surface area contributed by atoms with Crippen LogP contribution in [0.15, 0.2) is 11.8 Å². The van der Waals surface area contributed by atoms with E-state index in [-0.39, 0.29) is 44.9 Å². The summed E-state index contributed by atoms with van der Waals surface area (Å²) in [4.78, 5) is 0. The van der Waals surface area contributed by atoms with Crippen LogP contribution in [-0.4, -0.2) is 77.5 Å². The van der Waals surface area contributed by atoms with Crippen molar-refractivity contribution in [3.05, 3.63) is 23.0 Å². The monoisotopic (exact) mass is 603 g/mol. The minimum Gasteiger partial charge on any atom is -0.390 e. The van der Waals surface area contributed by atoms with Crippen LogP contribution in [0.4, 0.5) is 8.78 Å². The number of halogens is 2. The van der Waals surface area contributed by atoms with Crippen LogP contribution in [0.5, 0.6) is 0 Å². The number of aromatic nitrogens is 2. The summed E-state index contributed by atoms with van der Waals surface area (Å²) in [5.74, 6) is -1.53. The zero-order valence-corrected chi connectivity index (χ0v) is 25.9. The second kappa shape index (κ2) is 9.55. The molecular weight excluding hydrogens is 556 g/mol. The molecular formula is C33H47F2N3O5. The second-order valence-corrected chi connectivity index (χ2v) is 15.3. The number of aliphatic hydroxyl groups excluding tert-OH is 1. The summed E-state index contributed by atoms with van der Waals surface area (Å²) in [6.07, 6.45) is 6.91. The van der Waals surface area contributed by atoms with Crippen molar-refractivity contribution in [1.82, 2.24) is 15.1 Å². The van der Waals surface area contributed by atoms with Gasteiger partial charge in [0.05, 0.1) is 18.0 Å². The van der Waals surface area contributed by atoms with Gasteiger partial charge < -0.3 is 29.4 Å². The molecule has 2 spiro atoms. The van der Waals surface area contributed by atoms with Crippen molar-refractivity contribution < 1.29 is 32.8 Å². The Hall–Kier alpha value is -1.43. The molecule has 1 unspecified atom stereocenters. The van der Waals surface area contributed by atoms with Crippen LogP contribution in [0.25, 0.3) is 6.08 Å². The second-order valence-electron chi connectivity index (χ2n) is 15.3. The average Bonchev–Trinajstić information content (AvgIpc) is 3.76. The first-order chi connectivity index (χ1) is 20.5. The van der Waals surface area contributed by atoms with Crippen molar-refractivity contribution in [2.75, 3.05) is 27.2 Å². The lowest BCUT2D eigenvalue weighted by atomic mass is 9.43. The Morgan fingerprint density at radius 3 is 2.58 bits per heavy atom. The predicted octanol–water partition coefficient (Wildman–Crippen LogP) is 4.54. The van der Waals surface area contributed by atoms with E-state index in [9.17, 15) is 5.11 Å². The first-order valence-electron chi connectivity index (χ1n) is 16.5. The molecule has 1 aromatic heterocycles. The summed E-state index contributed by atoms with van der Waals surface area (Å²) in [7, 11) is 2.03. The lowest BCUT2D eigenvalue weighted by Crippen LogP contribution is -2.73. The number of rotatable bonds is 3. The maximum atomic E-state index is 18.2. The molecule has 3 heterocycles. The van der Waals surface area contributed by atoms with Crippen LogP contribution in [0.2, 0.25) is 0 Å². The Bertz CT molecular complexity index is 1300. The molecule has 4 saturated carbocycles. The van der Waals surface area contributed by atoms with Gasteiger partial charge in [-0.25, -0.2) is 8.78 Å². The first kappa shape index (κ1) is 29.0. The van der Waals surface area contributed by atoms with E-state index < -0.39 is 46.1 Å². The minimum atomic E-state index is -2.00. The van der Waals surface area contributed by atoms with Gasteiger partial charge in [-0.3, -0.25) is 4.68 Å². The molecule has 2 N–H and O–H groups in total. The Morgan fingerprint density at radius 2 is 1.86 bits per heavy atom. The molecule has 6 fully saturated rings. The van der Waals surface area contributed by atoms with Crippen molar-refractivity contribution in [3.8, 4) is 0 Å². The summed E-state index contributed by atoms with van der Waals surface area (Å²) in [6, 6.07) is 0.577. The van der Waals surface area contributed by atoms with Crippen LogP contribution in [0.1, 0.15) is 77.0 Å². The van der Waals surface area contributed by atoms with Crippen molar-refractivity contribution >= 4 is 6.08 Å². The topological polar surface area (TPSA) is 87.0 Å². The largest absolute Gasteiger partial charge is 0.390 e. The number of nitrogens with zero attached hydrogens (tertiary/aromatic N) is 2. The predicted molar refractivity (Wildman–Crippen MR) is 154 cm³/mol.